The number of rotatable bonds is 6. The summed E-state index contributed by atoms with van der Waals surface area (Å²) in [7, 11) is 0. The molecule has 4 nitrogen and oxygen atoms in total. The number of hydrogen-bond donors (Lipinski definition) is 1. The number of alkyl halides is 3. The Morgan fingerprint density at radius 1 is 1.22 bits per heavy atom. The van der Waals surface area contributed by atoms with E-state index in [4.69, 9.17) is 5.26 Å². The molecule has 0 aliphatic carbocycles. The molecule has 0 radical (unpaired) electrons. The fourth-order valence-corrected chi connectivity index (χ4v) is 4.18. The third-order valence-corrected chi connectivity index (χ3v) is 6.32. The minimum atomic E-state index is -4.52. The molecule has 1 saturated heterocycles. The Hall–Kier alpha value is -2.31. The summed E-state index contributed by atoms with van der Waals surface area (Å²) in [5.74, 6) is 1.82. The van der Waals surface area contributed by atoms with Crippen molar-refractivity contribution in [2.45, 2.75) is 44.6 Å². The van der Waals surface area contributed by atoms with Gasteiger partial charge in [-0.15, -0.1) is 0 Å². The van der Waals surface area contributed by atoms with Crippen molar-refractivity contribution in [3.63, 3.8) is 0 Å². The van der Waals surface area contributed by atoms with Gasteiger partial charge in [0.05, 0.1) is 5.56 Å². The van der Waals surface area contributed by atoms with Gasteiger partial charge in [-0.05, 0) is 67.0 Å². The van der Waals surface area contributed by atoms with Crippen molar-refractivity contribution in [3.05, 3.63) is 63.6 Å². The number of carbonyl (C=O) groups is 1. The normalized spacial score (nSPS) is 15.8. The van der Waals surface area contributed by atoms with E-state index in [2.05, 4.69) is 27.2 Å². The molecule has 1 aliphatic rings. The van der Waals surface area contributed by atoms with Crippen LogP contribution in [0.5, 0.6) is 0 Å². The average molecular weight is 506 g/mol. The minimum Gasteiger partial charge on any atom is -0.326 e. The molecule has 0 aromatic heterocycles. The summed E-state index contributed by atoms with van der Waals surface area (Å²) >= 11 is 3.37. The van der Waals surface area contributed by atoms with Gasteiger partial charge >= 0.3 is 6.18 Å². The quantitative estimate of drug-likeness (QED) is 0.492. The first-order chi connectivity index (χ1) is 15.2. The summed E-state index contributed by atoms with van der Waals surface area (Å²) in [6.07, 6.45) is -3.02. The Morgan fingerprint density at radius 2 is 1.88 bits per heavy atom. The lowest BCUT2D eigenvalue weighted by atomic mass is 9.45. The predicted molar refractivity (Wildman–Crippen MR) is 124 cm³/mol. The smallest absolute Gasteiger partial charge is 0.326 e. The van der Waals surface area contributed by atoms with Crippen LogP contribution in [0.15, 0.2) is 46.9 Å². The summed E-state index contributed by atoms with van der Waals surface area (Å²) in [5, 5.41) is 11.6. The van der Waals surface area contributed by atoms with Gasteiger partial charge in [0.25, 0.3) is 6.71 Å². The Morgan fingerprint density at radius 3 is 2.47 bits per heavy atom. The molecule has 1 heterocycles. The number of amides is 1. The van der Waals surface area contributed by atoms with E-state index in [0.29, 0.717) is 25.7 Å². The van der Waals surface area contributed by atoms with Gasteiger partial charge in [0.1, 0.15) is 0 Å². The van der Waals surface area contributed by atoms with Crippen LogP contribution in [-0.4, -0.2) is 30.6 Å². The number of halogens is 4. The van der Waals surface area contributed by atoms with Crippen LogP contribution in [0.1, 0.15) is 36.0 Å². The van der Waals surface area contributed by atoms with Crippen molar-refractivity contribution in [3.8, 4) is 5.97 Å². The van der Waals surface area contributed by atoms with Crippen molar-refractivity contribution in [1.29, 1.82) is 5.26 Å². The zero-order valence-electron chi connectivity index (χ0n) is 17.8. The van der Waals surface area contributed by atoms with E-state index < -0.39 is 11.7 Å². The van der Waals surface area contributed by atoms with E-state index in [1.54, 1.807) is 0 Å². The summed E-state index contributed by atoms with van der Waals surface area (Å²) in [6, 6.07) is 11.6. The van der Waals surface area contributed by atoms with Crippen LogP contribution in [-0.2, 0) is 17.5 Å². The van der Waals surface area contributed by atoms with E-state index in [1.807, 2.05) is 36.1 Å². The largest absolute Gasteiger partial charge is 0.416 e. The highest BCUT2D eigenvalue weighted by atomic mass is 79.9. The van der Waals surface area contributed by atoms with Crippen LogP contribution >= 0.6 is 15.9 Å². The summed E-state index contributed by atoms with van der Waals surface area (Å²) in [4.78, 5) is 14.4. The Labute approximate surface area is 195 Å². The van der Waals surface area contributed by atoms with Gasteiger partial charge in [0, 0.05) is 29.1 Å². The van der Waals surface area contributed by atoms with Crippen LogP contribution in [0.25, 0.3) is 0 Å². The monoisotopic (exact) mass is 505 g/mol. The zero-order chi connectivity index (χ0) is 23.3. The number of nitrogens with zero attached hydrogens (tertiary/aromatic N) is 2. The molecule has 0 spiro atoms. The van der Waals surface area contributed by atoms with E-state index >= 15 is 0 Å². The molecule has 9 heteroatoms. The van der Waals surface area contributed by atoms with E-state index in [0.717, 1.165) is 16.1 Å². The molecule has 1 atom stereocenters. The van der Waals surface area contributed by atoms with Gasteiger partial charge in [0.15, 0.2) is 0 Å². The molecule has 1 amide bonds. The summed E-state index contributed by atoms with van der Waals surface area (Å²) < 4.78 is 42.1. The average Bonchev–Trinajstić information content (AvgIpc) is 2.75. The van der Waals surface area contributed by atoms with Crippen LogP contribution in [0, 0.1) is 11.2 Å². The molecule has 32 heavy (non-hydrogen) atoms. The molecule has 1 fully saturated rings. The lowest BCUT2D eigenvalue weighted by Gasteiger charge is -2.29. The third-order valence-electron chi connectivity index (χ3n) is 5.79. The number of carbonyl (C=O) groups excluding carboxylic acids is 1. The molecule has 1 aliphatic heterocycles. The maximum absolute atomic E-state index is 13.7. The topological polar surface area (TPSA) is 56.1 Å². The second-order valence-corrected chi connectivity index (χ2v) is 9.17. The van der Waals surface area contributed by atoms with Gasteiger partial charge in [-0.2, -0.15) is 13.2 Å². The highest BCUT2D eigenvalue weighted by Gasteiger charge is 2.34. The molecule has 0 saturated carbocycles. The molecule has 0 bridgehead atoms. The van der Waals surface area contributed by atoms with Gasteiger partial charge in [-0.1, -0.05) is 41.1 Å². The first-order valence-corrected chi connectivity index (χ1v) is 11.3. The first kappa shape index (κ1) is 24.3. The zero-order valence-corrected chi connectivity index (χ0v) is 19.3. The van der Waals surface area contributed by atoms with Crippen LogP contribution in [0.4, 0.5) is 18.9 Å². The number of benzene rings is 2. The molecular weight excluding hydrogens is 482 g/mol. The van der Waals surface area contributed by atoms with E-state index in [9.17, 15) is 18.0 Å². The van der Waals surface area contributed by atoms with Crippen LogP contribution < -0.4 is 5.32 Å². The van der Waals surface area contributed by atoms with Gasteiger partial charge in [-0.25, -0.2) is 5.26 Å². The number of nitrogens with one attached hydrogen (secondary N) is 1. The number of nitriles is 1. The number of anilines is 1. The summed E-state index contributed by atoms with van der Waals surface area (Å²) in [6.45, 7) is 3.25. The number of hydrogen-bond acceptors (Lipinski definition) is 3. The molecule has 168 valence electrons. The molecule has 3 rings (SSSR count). The predicted octanol–water partition coefficient (Wildman–Crippen LogP) is 5.97. The second kappa shape index (κ2) is 10.5. The molecule has 1 N–H and O–H groups in total. The minimum absolute atomic E-state index is 0.0225. The maximum atomic E-state index is 13.7. The Kier molecular flexibility index (Phi) is 8.02. The first-order valence-electron chi connectivity index (χ1n) is 10.5. The molecule has 2 aromatic carbocycles. The van der Waals surface area contributed by atoms with Gasteiger partial charge in [0.2, 0.25) is 5.91 Å². The molecule has 2 aromatic rings. The highest BCUT2D eigenvalue weighted by Crippen LogP contribution is 2.35. The van der Waals surface area contributed by atoms with E-state index in [-0.39, 0.29) is 42.8 Å². The fourth-order valence-electron chi connectivity index (χ4n) is 3.92. The standard InChI is InChI=1S/C23H24BBrF3N3O/c1-16(17-2-5-19(25)6-3-17)12-22(32)30-20-7-4-18(21(13-20)23(26,27)28)14-31-10-8-24(15-29)9-11-31/h2-7,13,16H,8-12,14H2,1H3,(H,30,32). The summed E-state index contributed by atoms with van der Waals surface area (Å²) in [5.41, 5.74) is 0.555. The fraction of sp³-hybridized carbons (Fsp3) is 0.391. The Bertz CT molecular complexity index is 983. The SMILES string of the molecule is CC(CC(=O)Nc1ccc(CN2CCB(C#N)CC2)c(C(F)(F)F)c1)c1ccc(Br)cc1. The molecular formula is C23H24BBrF3N3O. The highest BCUT2D eigenvalue weighted by molar-refractivity contribution is 9.10. The maximum Gasteiger partial charge on any atom is 0.416 e. The van der Waals surface area contributed by atoms with Gasteiger partial charge in [-0.3, -0.25) is 4.79 Å². The van der Waals surface area contributed by atoms with Crippen LogP contribution in [0.2, 0.25) is 12.6 Å². The van der Waals surface area contributed by atoms with Crippen molar-refractivity contribution in [2.24, 2.45) is 0 Å². The molecule has 1 unspecified atom stereocenters. The van der Waals surface area contributed by atoms with Crippen molar-refractivity contribution in [2.75, 3.05) is 18.4 Å². The Balaban J connectivity index is 1.67. The van der Waals surface area contributed by atoms with Gasteiger partial charge < -0.3 is 10.2 Å². The van der Waals surface area contributed by atoms with Crippen molar-refractivity contribution in [1.82, 2.24) is 4.90 Å². The second-order valence-electron chi connectivity index (χ2n) is 8.25. The van der Waals surface area contributed by atoms with E-state index in [1.165, 1.54) is 12.1 Å². The van der Waals surface area contributed by atoms with Crippen LogP contribution in [0.3, 0.4) is 0 Å². The third kappa shape index (κ3) is 6.60. The van der Waals surface area contributed by atoms with Crippen molar-refractivity contribution >= 4 is 34.2 Å². The van der Waals surface area contributed by atoms with Crippen molar-refractivity contribution < 1.29 is 18.0 Å². The lowest BCUT2D eigenvalue weighted by molar-refractivity contribution is -0.138. The lowest BCUT2D eigenvalue weighted by Crippen LogP contribution is -2.36.